The fourth-order valence-electron chi connectivity index (χ4n) is 3.15. The van der Waals surface area contributed by atoms with Gasteiger partial charge in [0.2, 0.25) is 0 Å². The number of nitrogens with zero attached hydrogens (tertiary/aromatic N) is 3. The first-order valence-corrected chi connectivity index (χ1v) is 7.92. The number of hydrogen-bond acceptors (Lipinski definition) is 4. The SMILES string of the molecule is O=c1[nH]c(C2(F)CCN(C3CC3)CC2)nc2cnc(Cl)cc12. The van der Waals surface area contributed by atoms with E-state index in [1.165, 1.54) is 25.1 Å². The van der Waals surface area contributed by atoms with Gasteiger partial charge in [0, 0.05) is 32.0 Å². The summed E-state index contributed by atoms with van der Waals surface area (Å²) in [4.78, 5) is 25.3. The molecule has 2 aromatic heterocycles. The zero-order valence-corrected chi connectivity index (χ0v) is 12.7. The summed E-state index contributed by atoms with van der Waals surface area (Å²) in [7, 11) is 0. The number of halogens is 2. The van der Waals surface area contributed by atoms with E-state index in [-0.39, 0.29) is 16.5 Å². The van der Waals surface area contributed by atoms with Gasteiger partial charge in [0.15, 0.2) is 5.67 Å². The van der Waals surface area contributed by atoms with Crippen molar-refractivity contribution >= 4 is 22.5 Å². The molecule has 0 spiro atoms. The van der Waals surface area contributed by atoms with Crippen molar-refractivity contribution in [3.8, 4) is 0 Å². The number of nitrogens with one attached hydrogen (secondary N) is 1. The topological polar surface area (TPSA) is 61.9 Å². The van der Waals surface area contributed by atoms with E-state index in [1.807, 2.05) is 0 Å². The van der Waals surface area contributed by atoms with Crippen molar-refractivity contribution in [3.63, 3.8) is 0 Å². The number of pyridine rings is 1. The number of aromatic nitrogens is 3. The first-order valence-electron chi connectivity index (χ1n) is 7.54. The van der Waals surface area contributed by atoms with Crippen molar-refractivity contribution < 1.29 is 4.39 Å². The number of fused-ring (bicyclic) bond motifs is 1. The number of alkyl halides is 1. The Morgan fingerprint density at radius 1 is 1.36 bits per heavy atom. The highest BCUT2D eigenvalue weighted by molar-refractivity contribution is 6.30. The molecule has 2 aliphatic rings. The molecule has 0 amide bonds. The molecule has 116 valence electrons. The molecule has 1 aliphatic carbocycles. The van der Waals surface area contributed by atoms with Gasteiger partial charge in [-0.1, -0.05) is 11.6 Å². The maximum absolute atomic E-state index is 15.2. The van der Waals surface area contributed by atoms with E-state index in [4.69, 9.17) is 11.6 Å². The number of H-pyrrole nitrogens is 1. The second-order valence-electron chi connectivity index (χ2n) is 6.17. The molecule has 2 aromatic rings. The lowest BCUT2D eigenvalue weighted by atomic mass is 9.92. The predicted octanol–water partition coefficient (Wildman–Crippen LogP) is 2.39. The molecule has 0 radical (unpaired) electrons. The Morgan fingerprint density at radius 3 is 2.77 bits per heavy atom. The highest BCUT2D eigenvalue weighted by Crippen LogP contribution is 2.38. The summed E-state index contributed by atoms with van der Waals surface area (Å²) in [6.45, 7) is 1.42. The van der Waals surface area contributed by atoms with Crippen molar-refractivity contribution in [2.24, 2.45) is 0 Å². The molecule has 4 rings (SSSR count). The van der Waals surface area contributed by atoms with Gasteiger partial charge in [0.05, 0.1) is 17.1 Å². The van der Waals surface area contributed by atoms with E-state index in [0.717, 1.165) is 0 Å². The van der Waals surface area contributed by atoms with Crippen LogP contribution >= 0.6 is 11.6 Å². The standard InChI is InChI=1S/C15H16ClFN4O/c16-12-7-10-11(8-18-12)19-14(20-13(10)22)15(17)3-5-21(6-4-15)9-1-2-9/h7-9H,1-6H2,(H,19,20,22). The fourth-order valence-corrected chi connectivity index (χ4v) is 3.31. The van der Waals surface area contributed by atoms with Crippen molar-refractivity contribution in [1.29, 1.82) is 0 Å². The molecule has 22 heavy (non-hydrogen) atoms. The van der Waals surface area contributed by atoms with Crippen LogP contribution in [0.4, 0.5) is 4.39 Å². The summed E-state index contributed by atoms with van der Waals surface area (Å²) in [5, 5.41) is 0.558. The van der Waals surface area contributed by atoms with Crippen LogP contribution in [-0.4, -0.2) is 39.0 Å². The third-order valence-electron chi connectivity index (χ3n) is 4.64. The normalized spacial score (nSPS) is 22.1. The van der Waals surface area contributed by atoms with Crippen LogP contribution in [0.25, 0.3) is 10.9 Å². The van der Waals surface area contributed by atoms with Crippen LogP contribution in [0.5, 0.6) is 0 Å². The maximum atomic E-state index is 15.2. The summed E-state index contributed by atoms with van der Waals surface area (Å²) in [5.41, 5.74) is -1.56. The van der Waals surface area contributed by atoms with Crippen molar-refractivity contribution in [3.05, 3.63) is 33.6 Å². The lowest BCUT2D eigenvalue weighted by molar-refractivity contribution is 0.0451. The molecule has 0 aromatic carbocycles. The third kappa shape index (κ3) is 2.40. The van der Waals surface area contributed by atoms with E-state index in [1.54, 1.807) is 0 Å². The Hall–Kier alpha value is -1.53. The summed E-state index contributed by atoms with van der Waals surface area (Å²) >= 11 is 5.79. The molecular weight excluding hydrogens is 307 g/mol. The van der Waals surface area contributed by atoms with Gasteiger partial charge in [-0.15, -0.1) is 0 Å². The largest absolute Gasteiger partial charge is 0.307 e. The van der Waals surface area contributed by atoms with Gasteiger partial charge < -0.3 is 9.88 Å². The second kappa shape index (κ2) is 4.99. The molecule has 1 saturated heterocycles. The molecule has 0 bridgehead atoms. The highest BCUT2D eigenvalue weighted by Gasteiger charge is 2.42. The molecule has 7 heteroatoms. The lowest BCUT2D eigenvalue weighted by Gasteiger charge is -2.35. The molecule has 3 heterocycles. The molecule has 0 atom stereocenters. The minimum Gasteiger partial charge on any atom is -0.307 e. The maximum Gasteiger partial charge on any atom is 0.259 e. The summed E-state index contributed by atoms with van der Waals surface area (Å²) < 4.78 is 15.2. The highest BCUT2D eigenvalue weighted by atomic mass is 35.5. The summed E-state index contributed by atoms with van der Waals surface area (Å²) in [5.74, 6) is 0.115. The number of hydrogen-bond donors (Lipinski definition) is 1. The molecule has 1 saturated carbocycles. The average molecular weight is 323 g/mol. The molecule has 5 nitrogen and oxygen atoms in total. The van der Waals surface area contributed by atoms with Crippen LogP contribution in [-0.2, 0) is 5.67 Å². The zero-order chi connectivity index (χ0) is 15.3. The van der Waals surface area contributed by atoms with Gasteiger partial charge in [-0.25, -0.2) is 14.4 Å². The van der Waals surface area contributed by atoms with Crippen LogP contribution < -0.4 is 5.56 Å². The fraction of sp³-hybridized carbons (Fsp3) is 0.533. The van der Waals surface area contributed by atoms with Crippen molar-refractivity contribution in [1.82, 2.24) is 19.9 Å². The predicted molar refractivity (Wildman–Crippen MR) is 81.8 cm³/mol. The van der Waals surface area contributed by atoms with Crippen LogP contribution in [0.1, 0.15) is 31.5 Å². The molecule has 0 unspecified atom stereocenters. The van der Waals surface area contributed by atoms with Gasteiger partial charge in [-0.05, 0) is 18.9 Å². The first kappa shape index (κ1) is 14.1. The minimum absolute atomic E-state index is 0.115. The lowest BCUT2D eigenvalue weighted by Crippen LogP contribution is -2.42. The Balaban J connectivity index is 1.68. The first-order chi connectivity index (χ1) is 10.5. The molecule has 1 N–H and O–H groups in total. The quantitative estimate of drug-likeness (QED) is 0.862. The van der Waals surface area contributed by atoms with Gasteiger partial charge in [-0.3, -0.25) is 4.79 Å². The minimum atomic E-state index is -1.57. The van der Waals surface area contributed by atoms with Crippen LogP contribution in [0.15, 0.2) is 17.1 Å². The third-order valence-corrected chi connectivity index (χ3v) is 4.84. The van der Waals surface area contributed by atoms with E-state index < -0.39 is 5.67 Å². The second-order valence-corrected chi connectivity index (χ2v) is 6.56. The Bertz CT molecular complexity index is 781. The summed E-state index contributed by atoms with van der Waals surface area (Å²) in [6.07, 6.45) is 4.57. The Kier molecular flexibility index (Phi) is 3.20. The monoisotopic (exact) mass is 322 g/mol. The van der Waals surface area contributed by atoms with E-state index in [0.29, 0.717) is 42.9 Å². The number of piperidine rings is 1. The van der Waals surface area contributed by atoms with Crippen molar-refractivity contribution in [2.45, 2.75) is 37.4 Å². The van der Waals surface area contributed by atoms with Crippen LogP contribution in [0.2, 0.25) is 5.15 Å². The van der Waals surface area contributed by atoms with Gasteiger partial charge in [-0.2, -0.15) is 0 Å². The van der Waals surface area contributed by atoms with E-state index in [2.05, 4.69) is 19.9 Å². The number of rotatable bonds is 2. The Labute approximate surface area is 131 Å². The van der Waals surface area contributed by atoms with E-state index >= 15 is 4.39 Å². The number of likely N-dealkylation sites (tertiary alicyclic amines) is 1. The van der Waals surface area contributed by atoms with Crippen molar-refractivity contribution in [2.75, 3.05) is 13.1 Å². The average Bonchev–Trinajstić information content (AvgIpc) is 3.33. The number of aromatic amines is 1. The summed E-state index contributed by atoms with van der Waals surface area (Å²) in [6, 6.07) is 2.09. The smallest absolute Gasteiger partial charge is 0.259 e. The Morgan fingerprint density at radius 2 is 2.09 bits per heavy atom. The van der Waals surface area contributed by atoms with Gasteiger partial charge in [0.1, 0.15) is 11.0 Å². The molecule has 1 aliphatic heterocycles. The van der Waals surface area contributed by atoms with Crippen LogP contribution in [0, 0.1) is 0 Å². The van der Waals surface area contributed by atoms with Gasteiger partial charge >= 0.3 is 0 Å². The molecule has 2 fully saturated rings. The van der Waals surface area contributed by atoms with Gasteiger partial charge in [0.25, 0.3) is 5.56 Å². The van der Waals surface area contributed by atoms with E-state index in [9.17, 15) is 4.79 Å². The zero-order valence-electron chi connectivity index (χ0n) is 12.0. The molecular formula is C15H16ClFN4O. The van der Waals surface area contributed by atoms with Crippen LogP contribution in [0.3, 0.4) is 0 Å².